The molecule has 0 spiro atoms. The van der Waals surface area contributed by atoms with Crippen molar-refractivity contribution in [3.8, 4) is 0 Å². The van der Waals surface area contributed by atoms with E-state index in [1.54, 1.807) is 11.1 Å². The predicted molar refractivity (Wildman–Crippen MR) is 97.5 cm³/mol. The summed E-state index contributed by atoms with van der Waals surface area (Å²) in [7, 11) is 0. The molecular weight excluding hydrogens is 280 g/mol. The van der Waals surface area contributed by atoms with Crippen LogP contribution in [-0.4, -0.2) is 18.8 Å². The highest BCUT2D eigenvalue weighted by Crippen LogP contribution is 2.53. The molecule has 2 heterocycles. The minimum atomic E-state index is 0.289. The molecule has 5 unspecified atom stereocenters. The summed E-state index contributed by atoms with van der Waals surface area (Å²) in [4.78, 5) is 4.79. The van der Waals surface area contributed by atoms with Crippen molar-refractivity contribution in [1.82, 2.24) is 5.32 Å². The first kappa shape index (κ1) is 15.2. The van der Waals surface area contributed by atoms with Gasteiger partial charge in [-0.05, 0) is 62.0 Å². The van der Waals surface area contributed by atoms with Gasteiger partial charge >= 0.3 is 0 Å². The quantitative estimate of drug-likeness (QED) is 0.738. The highest BCUT2D eigenvalue weighted by Gasteiger charge is 2.50. The van der Waals surface area contributed by atoms with E-state index >= 15 is 0 Å². The van der Waals surface area contributed by atoms with Crippen LogP contribution in [0.5, 0.6) is 0 Å². The van der Waals surface area contributed by atoms with E-state index < -0.39 is 0 Å². The van der Waals surface area contributed by atoms with Gasteiger partial charge in [0.2, 0.25) is 0 Å². The van der Waals surface area contributed by atoms with E-state index in [9.17, 15) is 0 Å². The van der Waals surface area contributed by atoms with Crippen LogP contribution >= 0.6 is 0 Å². The summed E-state index contributed by atoms with van der Waals surface area (Å²) in [5, 5.41) is 3.97. The highest BCUT2D eigenvalue weighted by molar-refractivity contribution is 5.64. The second-order valence-corrected chi connectivity index (χ2v) is 8.74. The van der Waals surface area contributed by atoms with E-state index in [4.69, 9.17) is 4.99 Å². The Hall–Kier alpha value is -1.31. The Morgan fingerprint density at radius 2 is 2.26 bits per heavy atom. The zero-order valence-electron chi connectivity index (χ0n) is 15.0. The van der Waals surface area contributed by atoms with Crippen molar-refractivity contribution < 1.29 is 0 Å². The van der Waals surface area contributed by atoms with E-state index in [2.05, 4.69) is 51.4 Å². The Bertz CT molecular complexity index is 632. The maximum absolute atomic E-state index is 4.79. The van der Waals surface area contributed by atoms with Gasteiger partial charge in [0.15, 0.2) is 0 Å². The van der Waals surface area contributed by atoms with Gasteiger partial charge < -0.3 is 5.32 Å². The Balaban J connectivity index is 1.79. The maximum atomic E-state index is 4.79. The topological polar surface area (TPSA) is 24.4 Å². The van der Waals surface area contributed by atoms with Gasteiger partial charge in [-0.15, -0.1) is 0 Å². The van der Waals surface area contributed by atoms with Crippen molar-refractivity contribution >= 4 is 6.21 Å². The molecule has 4 bridgehead atoms. The third kappa shape index (κ3) is 2.42. The van der Waals surface area contributed by atoms with Crippen LogP contribution in [0.4, 0.5) is 0 Å². The Kier molecular flexibility index (Phi) is 3.55. The van der Waals surface area contributed by atoms with Crippen molar-refractivity contribution in [3.63, 3.8) is 0 Å². The number of fused-ring (bicyclic) bond motifs is 2. The number of rotatable bonds is 2. The molecule has 5 atom stereocenters. The van der Waals surface area contributed by atoms with E-state index in [0.717, 1.165) is 24.8 Å². The lowest BCUT2D eigenvalue weighted by atomic mass is 9.61. The minimum absolute atomic E-state index is 0.289. The van der Waals surface area contributed by atoms with Gasteiger partial charge in [0.05, 0.1) is 0 Å². The van der Waals surface area contributed by atoms with Crippen molar-refractivity contribution in [1.29, 1.82) is 0 Å². The summed E-state index contributed by atoms with van der Waals surface area (Å²) < 4.78 is 0. The first-order valence-electron chi connectivity index (χ1n) is 9.28. The van der Waals surface area contributed by atoms with Crippen LogP contribution in [0.2, 0.25) is 0 Å². The van der Waals surface area contributed by atoms with Crippen LogP contribution in [0.1, 0.15) is 53.4 Å². The SMILES string of the molecule is CC(C)=CCC1C2CC3=C4C=C2NC1C(C)C(C)(C/N=C\C4)C3. The van der Waals surface area contributed by atoms with Gasteiger partial charge in [0, 0.05) is 36.8 Å². The Morgan fingerprint density at radius 3 is 3.04 bits per heavy atom. The number of allylic oxidation sites excluding steroid dienone is 6. The standard InChI is InChI=1S/C21H30N2/c1-13(2)5-6-17-18-9-16-11-21(4)12-22-8-7-15(16)10-19(18)23-20(17)14(21)3/h5,8,10,14,17-18,20,23H,6-7,9,11-12H2,1-4H3/b22-8-. The molecule has 1 N–H and O–H groups in total. The molecule has 0 aromatic carbocycles. The van der Waals surface area contributed by atoms with Gasteiger partial charge in [-0.25, -0.2) is 0 Å². The fourth-order valence-corrected chi connectivity index (χ4v) is 5.27. The van der Waals surface area contributed by atoms with Crippen LogP contribution in [0.3, 0.4) is 0 Å². The second-order valence-electron chi connectivity index (χ2n) is 8.74. The number of nitrogens with one attached hydrogen (secondary N) is 1. The lowest BCUT2D eigenvalue weighted by molar-refractivity contribution is 0.126. The molecule has 0 radical (unpaired) electrons. The van der Waals surface area contributed by atoms with Crippen molar-refractivity contribution in [3.05, 3.63) is 34.6 Å². The average molecular weight is 310 g/mol. The second kappa shape index (κ2) is 5.36. The molecule has 1 saturated carbocycles. The highest BCUT2D eigenvalue weighted by atomic mass is 15.0. The lowest BCUT2D eigenvalue weighted by Gasteiger charge is -2.44. The van der Waals surface area contributed by atoms with E-state index in [1.807, 2.05) is 0 Å². The molecule has 23 heavy (non-hydrogen) atoms. The smallest absolute Gasteiger partial charge is 0.0445 e. The van der Waals surface area contributed by atoms with Crippen LogP contribution in [0, 0.1) is 23.2 Å². The summed E-state index contributed by atoms with van der Waals surface area (Å²) >= 11 is 0. The van der Waals surface area contributed by atoms with E-state index in [1.165, 1.54) is 30.5 Å². The molecule has 2 fully saturated rings. The fraction of sp³-hybridized carbons (Fsp3) is 0.667. The molecule has 0 aromatic rings. The van der Waals surface area contributed by atoms with E-state index in [-0.39, 0.29) is 5.41 Å². The van der Waals surface area contributed by atoms with Gasteiger partial charge in [-0.2, -0.15) is 0 Å². The first-order valence-corrected chi connectivity index (χ1v) is 9.28. The summed E-state index contributed by atoms with van der Waals surface area (Å²) in [6.07, 6.45) is 11.9. The molecule has 2 aliphatic carbocycles. The molecule has 0 aromatic heterocycles. The first-order chi connectivity index (χ1) is 11.0. The van der Waals surface area contributed by atoms with Crippen LogP contribution < -0.4 is 5.32 Å². The van der Waals surface area contributed by atoms with Gasteiger partial charge in [-0.1, -0.05) is 31.1 Å². The average Bonchev–Trinajstić information content (AvgIpc) is 2.85. The fourth-order valence-electron chi connectivity index (χ4n) is 5.27. The lowest BCUT2D eigenvalue weighted by Crippen LogP contribution is -2.45. The third-order valence-corrected chi connectivity index (χ3v) is 6.91. The maximum Gasteiger partial charge on any atom is 0.0445 e. The Morgan fingerprint density at radius 1 is 1.43 bits per heavy atom. The zero-order chi connectivity index (χ0) is 16.2. The molecular formula is C21H30N2. The molecule has 2 aliphatic heterocycles. The molecule has 4 aliphatic rings. The van der Waals surface area contributed by atoms with Crippen molar-refractivity contribution in [2.45, 2.75) is 59.4 Å². The van der Waals surface area contributed by atoms with Gasteiger partial charge in [0.1, 0.15) is 0 Å². The van der Waals surface area contributed by atoms with Crippen LogP contribution in [0.15, 0.2) is 39.6 Å². The van der Waals surface area contributed by atoms with Gasteiger partial charge in [-0.3, -0.25) is 4.99 Å². The normalized spacial score (nSPS) is 42.3. The third-order valence-electron chi connectivity index (χ3n) is 6.91. The van der Waals surface area contributed by atoms with Crippen molar-refractivity contribution in [2.75, 3.05) is 6.54 Å². The van der Waals surface area contributed by atoms with Crippen molar-refractivity contribution in [2.24, 2.45) is 28.2 Å². The molecule has 4 rings (SSSR count). The largest absolute Gasteiger partial charge is 0.385 e. The number of aliphatic imine (C=N–C) groups is 1. The summed E-state index contributed by atoms with van der Waals surface area (Å²) in [6.45, 7) is 10.4. The molecule has 2 heteroatoms. The van der Waals surface area contributed by atoms with Gasteiger partial charge in [0.25, 0.3) is 0 Å². The molecule has 124 valence electrons. The number of hydrogen-bond donors (Lipinski definition) is 1. The summed E-state index contributed by atoms with van der Waals surface area (Å²) in [5.41, 5.74) is 6.54. The summed E-state index contributed by atoms with van der Waals surface area (Å²) in [6, 6.07) is 0.598. The number of hydrogen-bond acceptors (Lipinski definition) is 2. The monoisotopic (exact) mass is 310 g/mol. The summed E-state index contributed by atoms with van der Waals surface area (Å²) in [5.74, 6) is 2.11. The van der Waals surface area contributed by atoms with Crippen LogP contribution in [0.25, 0.3) is 0 Å². The Labute approximate surface area is 140 Å². The minimum Gasteiger partial charge on any atom is -0.385 e. The molecule has 1 saturated heterocycles. The number of nitrogens with zero attached hydrogens (tertiary/aromatic N) is 1. The van der Waals surface area contributed by atoms with E-state index in [0.29, 0.717) is 12.0 Å². The molecule has 0 amide bonds. The van der Waals surface area contributed by atoms with Crippen LogP contribution in [-0.2, 0) is 0 Å². The molecule has 2 nitrogen and oxygen atoms in total. The zero-order valence-corrected chi connectivity index (χ0v) is 15.0. The predicted octanol–water partition coefficient (Wildman–Crippen LogP) is 4.65.